The van der Waals surface area contributed by atoms with Gasteiger partial charge in [0.2, 0.25) is 17.7 Å². The number of nitrogens with one attached hydrogen (secondary N) is 2. The number of nitrogens with zero attached hydrogens (tertiary/aromatic N) is 1. The Morgan fingerprint density at radius 1 is 1.02 bits per heavy atom. The SMILES string of the molecule is CCCCCCN(C(=O)C(CCC(N)=O)NC(=O)OC(C)(C)C)C(C(=O)NC(C)CCC)c1cccc(C)c1O. The van der Waals surface area contributed by atoms with Crippen molar-refractivity contribution in [1.82, 2.24) is 15.5 Å². The lowest BCUT2D eigenvalue weighted by molar-refractivity contribution is -0.143. The van der Waals surface area contributed by atoms with Gasteiger partial charge in [0.15, 0.2) is 0 Å². The van der Waals surface area contributed by atoms with Crippen molar-refractivity contribution < 1.29 is 29.0 Å². The van der Waals surface area contributed by atoms with E-state index >= 15 is 0 Å². The number of primary amides is 1. The van der Waals surface area contributed by atoms with Gasteiger partial charge in [0.05, 0.1) is 0 Å². The summed E-state index contributed by atoms with van der Waals surface area (Å²) in [6, 6.07) is 2.58. The van der Waals surface area contributed by atoms with Crippen LogP contribution in [0.3, 0.4) is 0 Å². The number of amides is 4. The van der Waals surface area contributed by atoms with Crippen LogP contribution in [0.4, 0.5) is 4.79 Å². The third-order valence-electron chi connectivity index (χ3n) is 6.44. The predicted octanol–water partition coefficient (Wildman–Crippen LogP) is 4.61. The number of para-hydroxylation sites is 1. The molecular formula is C30H50N4O6. The molecule has 10 heteroatoms. The van der Waals surface area contributed by atoms with E-state index in [-0.39, 0.29) is 36.7 Å². The molecule has 1 rings (SSSR count). The molecule has 5 N–H and O–H groups in total. The first kappa shape index (κ1) is 34.7. The molecule has 0 bridgehead atoms. The zero-order valence-electron chi connectivity index (χ0n) is 25.3. The summed E-state index contributed by atoms with van der Waals surface area (Å²) in [5, 5.41) is 16.6. The maximum atomic E-state index is 14.2. The van der Waals surface area contributed by atoms with E-state index in [0.29, 0.717) is 12.0 Å². The number of benzene rings is 1. The van der Waals surface area contributed by atoms with E-state index < -0.39 is 41.5 Å². The molecule has 0 fully saturated rings. The van der Waals surface area contributed by atoms with Crippen LogP contribution in [0.15, 0.2) is 18.2 Å². The van der Waals surface area contributed by atoms with Gasteiger partial charge in [-0.25, -0.2) is 4.79 Å². The lowest BCUT2D eigenvalue weighted by Crippen LogP contribution is -2.54. The number of hydrogen-bond donors (Lipinski definition) is 4. The first-order chi connectivity index (χ1) is 18.7. The van der Waals surface area contributed by atoms with Crippen LogP contribution >= 0.6 is 0 Å². The number of carbonyl (C=O) groups excluding carboxylic acids is 4. The molecule has 0 aliphatic rings. The molecule has 0 saturated heterocycles. The monoisotopic (exact) mass is 562 g/mol. The molecule has 3 atom stereocenters. The highest BCUT2D eigenvalue weighted by molar-refractivity contribution is 5.93. The van der Waals surface area contributed by atoms with Crippen LogP contribution in [0.25, 0.3) is 0 Å². The Morgan fingerprint density at radius 2 is 1.70 bits per heavy atom. The number of phenols is 1. The highest BCUT2D eigenvalue weighted by Gasteiger charge is 2.37. The Labute approximate surface area is 239 Å². The minimum atomic E-state index is -1.18. The van der Waals surface area contributed by atoms with E-state index in [4.69, 9.17) is 10.5 Å². The molecule has 1 aromatic carbocycles. The summed E-state index contributed by atoms with van der Waals surface area (Å²) in [4.78, 5) is 53.7. The van der Waals surface area contributed by atoms with Crippen molar-refractivity contribution in [3.05, 3.63) is 29.3 Å². The van der Waals surface area contributed by atoms with E-state index in [2.05, 4.69) is 17.6 Å². The summed E-state index contributed by atoms with van der Waals surface area (Å²) in [6.07, 6.45) is 3.91. The van der Waals surface area contributed by atoms with Gasteiger partial charge in [-0.2, -0.15) is 0 Å². The van der Waals surface area contributed by atoms with Crippen molar-refractivity contribution in [3.63, 3.8) is 0 Å². The Kier molecular flexibility index (Phi) is 14.5. The number of unbranched alkanes of at least 4 members (excludes halogenated alkanes) is 3. The second kappa shape index (κ2) is 16.7. The summed E-state index contributed by atoms with van der Waals surface area (Å²) in [6.45, 7) is 13.0. The van der Waals surface area contributed by atoms with Crippen LogP contribution in [0.2, 0.25) is 0 Å². The molecule has 0 heterocycles. The molecule has 10 nitrogen and oxygen atoms in total. The largest absolute Gasteiger partial charge is 0.507 e. The van der Waals surface area contributed by atoms with Gasteiger partial charge in [-0.15, -0.1) is 0 Å². The smallest absolute Gasteiger partial charge is 0.408 e. The number of alkyl carbamates (subject to hydrolysis) is 1. The van der Waals surface area contributed by atoms with Crippen LogP contribution in [0.1, 0.15) is 110 Å². The average Bonchev–Trinajstić information content (AvgIpc) is 2.84. The minimum absolute atomic E-state index is 0.0702. The second-order valence-corrected chi connectivity index (χ2v) is 11.4. The molecule has 0 aromatic heterocycles. The number of aryl methyl sites for hydroxylation is 1. The zero-order chi connectivity index (χ0) is 30.5. The first-order valence-corrected chi connectivity index (χ1v) is 14.4. The van der Waals surface area contributed by atoms with Crippen molar-refractivity contribution in [2.45, 2.75) is 124 Å². The van der Waals surface area contributed by atoms with Crippen molar-refractivity contribution in [2.24, 2.45) is 5.73 Å². The zero-order valence-corrected chi connectivity index (χ0v) is 25.3. The molecule has 1 aromatic rings. The summed E-state index contributed by atoms with van der Waals surface area (Å²) in [5.41, 5.74) is 5.41. The van der Waals surface area contributed by atoms with Gasteiger partial charge in [-0.1, -0.05) is 57.7 Å². The third-order valence-corrected chi connectivity index (χ3v) is 6.44. The van der Waals surface area contributed by atoms with Crippen molar-refractivity contribution in [3.8, 4) is 5.75 Å². The topological polar surface area (TPSA) is 151 Å². The van der Waals surface area contributed by atoms with E-state index in [1.165, 1.54) is 4.90 Å². The Hall–Kier alpha value is -3.30. The summed E-state index contributed by atoms with van der Waals surface area (Å²) >= 11 is 0. The lowest BCUT2D eigenvalue weighted by atomic mass is 9.97. The van der Waals surface area contributed by atoms with Gasteiger partial charge in [0, 0.05) is 24.6 Å². The Morgan fingerprint density at radius 3 is 2.27 bits per heavy atom. The van der Waals surface area contributed by atoms with Crippen LogP contribution in [0.5, 0.6) is 5.75 Å². The normalized spacial score (nSPS) is 13.6. The molecule has 3 unspecified atom stereocenters. The average molecular weight is 563 g/mol. The van der Waals surface area contributed by atoms with Gasteiger partial charge < -0.3 is 31.1 Å². The maximum absolute atomic E-state index is 14.2. The lowest BCUT2D eigenvalue weighted by Gasteiger charge is -2.35. The van der Waals surface area contributed by atoms with Gasteiger partial charge in [0.1, 0.15) is 23.4 Å². The van der Waals surface area contributed by atoms with E-state index in [0.717, 1.165) is 32.1 Å². The molecule has 0 radical (unpaired) electrons. The number of aromatic hydroxyl groups is 1. The molecule has 0 aliphatic heterocycles. The number of carbonyl (C=O) groups is 4. The highest BCUT2D eigenvalue weighted by atomic mass is 16.6. The molecular weight excluding hydrogens is 512 g/mol. The number of rotatable bonds is 16. The van der Waals surface area contributed by atoms with E-state index in [9.17, 15) is 24.3 Å². The number of nitrogens with two attached hydrogens (primary N) is 1. The quantitative estimate of drug-likeness (QED) is 0.216. The van der Waals surface area contributed by atoms with Crippen LogP contribution < -0.4 is 16.4 Å². The maximum Gasteiger partial charge on any atom is 0.408 e. The molecule has 40 heavy (non-hydrogen) atoms. The molecule has 0 saturated carbocycles. The Bertz CT molecular complexity index is 991. The number of ether oxygens (including phenoxy) is 1. The van der Waals surface area contributed by atoms with E-state index in [1.54, 1.807) is 45.9 Å². The third kappa shape index (κ3) is 11.8. The fraction of sp³-hybridized carbons (Fsp3) is 0.667. The summed E-state index contributed by atoms with van der Waals surface area (Å²) in [7, 11) is 0. The number of hydrogen-bond acceptors (Lipinski definition) is 6. The van der Waals surface area contributed by atoms with Crippen LogP contribution in [0, 0.1) is 6.92 Å². The van der Waals surface area contributed by atoms with Crippen LogP contribution in [-0.2, 0) is 19.1 Å². The minimum Gasteiger partial charge on any atom is -0.507 e. The standard InChI is InChI=1S/C30H50N4O6/c1-8-10-11-12-19-34(28(38)23(17-18-24(31)35)33-29(39)40-30(5,6)7)25(27(37)32-21(4)14-9-2)22-16-13-15-20(3)26(22)36/h13,15-16,21,23,25,36H,8-12,14,17-19H2,1-7H3,(H2,31,35)(H,32,37)(H,33,39). The summed E-state index contributed by atoms with van der Waals surface area (Å²) < 4.78 is 5.37. The molecule has 0 aliphatic carbocycles. The van der Waals surface area contributed by atoms with Crippen molar-refractivity contribution in [1.29, 1.82) is 0 Å². The van der Waals surface area contributed by atoms with E-state index in [1.807, 2.05) is 13.8 Å². The highest BCUT2D eigenvalue weighted by Crippen LogP contribution is 2.33. The molecule has 0 spiro atoms. The van der Waals surface area contributed by atoms with Crippen LogP contribution in [-0.4, -0.2) is 58.1 Å². The van der Waals surface area contributed by atoms with Gasteiger partial charge in [-0.05, 0) is 59.4 Å². The van der Waals surface area contributed by atoms with Crippen molar-refractivity contribution >= 4 is 23.8 Å². The Balaban J connectivity index is 3.61. The number of phenolic OH excluding ortho intramolecular Hbond substituents is 1. The molecule has 226 valence electrons. The van der Waals surface area contributed by atoms with Gasteiger partial charge in [0.25, 0.3) is 0 Å². The van der Waals surface area contributed by atoms with Gasteiger partial charge >= 0.3 is 6.09 Å². The molecule has 4 amide bonds. The fourth-order valence-corrected chi connectivity index (χ4v) is 4.45. The first-order valence-electron chi connectivity index (χ1n) is 14.4. The van der Waals surface area contributed by atoms with Crippen molar-refractivity contribution in [2.75, 3.05) is 6.54 Å². The summed E-state index contributed by atoms with van der Waals surface area (Å²) in [5.74, 6) is -1.70. The predicted molar refractivity (Wildman–Crippen MR) is 156 cm³/mol. The second-order valence-electron chi connectivity index (χ2n) is 11.4. The fourth-order valence-electron chi connectivity index (χ4n) is 4.45. The van der Waals surface area contributed by atoms with Gasteiger partial charge in [-0.3, -0.25) is 14.4 Å².